The third-order valence-corrected chi connectivity index (χ3v) is 4.18. The molecular weight excluding hydrogens is 272 g/mol. The topological polar surface area (TPSA) is 41.1 Å². The molecule has 3 nitrogen and oxygen atoms in total. The molecule has 0 heterocycles. The smallest absolute Gasteiger partial charge is 0.253 e. The molecule has 0 aromatic heterocycles. The number of hydrogen-bond acceptors (Lipinski definition) is 2. The molecule has 1 saturated carbocycles. The van der Waals surface area contributed by atoms with Crippen LogP contribution < -0.4 is 10.6 Å². The standard InChI is InChI=1S/C16H23ClN2O/c1-3-18-15-9-6-12(17)10-14(15)16(20)19-13-7-4-11(2)5-8-13/h6,9-11,13,18H,3-5,7-8H2,1-2H3,(H,19,20). The second-order valence-electron chi connectivity index (χ2n) is 5.65. The molecule has 2 N–H and O–H groups in total. The van der Waals surface area contributed by atoms with Gasteiger partial charge in [0.25, 0.3) is 5.91 Å². The summed E-state index contributed by atoms with van der Waals surface area (Å²) < 4.78 is 0. The molecule has 0 saturated heterocycles. The van der Waals surface area contributed by atoms with Crippen LogP contribution in [0.15, 0.2) is 18.2 Å². The van der Waals surface area contributed by atoms with Gasteiger partial charge < -0.3 is 10.6 Å². The molecular formula is C16H23ClN2O. The Morgan fingerprint density at radius 3 is 2.65 bits per heavy atom. The van der Waals surface area contributed by atoms with Crippen LogP contribution in [0.25, 0.3) is 0 Å². The van der Waals surface area contributed by atoms with Crippen LogP contribution in [0.2, 0.25) is 5.02 Å². The molecule has 1 amide bonds. The zero-order valence-corrected chi connectivity index (χ0v) is 13.0. The van der Waals surface area contributed by atoms with Crippen LogP contribution in [-0.4, -0.2) is 18.5 Å². The van der Waals surface area contributed by atoms with Gasteiger partial charge in [-0.15, -0.1) is 0 Å². The number of amides is 1. The third-order valence-electron chi connectivity index (χ3n) is 3.94. The molecule has 1 aromatic carbocycles. The highest BCUT2D eigenvalue weighted by Gasteiger charge is 2.21. The average molecular weight is 295 g/mol. The Labute approximate surface area is 126 Å². The van der Waals surface area contributed by atoms with Crippen LogP contribution in [0.5, 0.6) is 0 Å². The number of carbonyl (C=O) groups excluding carboxylic acids is 1. The molecule has 0 aliphatic heterocycles. The lowest BCUT2D eigenvalue weighted by Crippen LogP contribution is -2.37. The van der Waals surface area contributed by atoms with Crippen molar-refractivity contribution in [2.45, 2.75) is 45.6 Å². The van der Waals surface area contributed by atoms with Crippen molar-refractivity contribution < 1.29 is 4.79 Å². The van der Waals surface area contributed by atoms with E-state index in [9.17, 15) is 4.79 Å². The van der Waals surface area contributed by atoms with E-state index >= 15 is 0 Å². The molecule has 0 spiro atoms. The molecule has 4 heteroatoms. The van der Waals surface area contributed by atoms with Crippen molar-refractivity contribution in [3.63, 3.8) is 0 Å². The second kappa shape index (κ2) is 6.98. The SMILES string of the molecule is CCNc1ccc(Cl)cc1C(=O)NC1CCC(C)CC1. The van der Waals surface area contributed by atoms with Crippen molar-refractivity contribution in [2.75, 3.05) is 11.9 Å². The molecule has 1 fully saturated rings. The van der Waals surface area contributed by atoms with E-state index in [0.717, 1.165) is 31.0 Å². The van der Waals surface area contributed by atoms with E-state index in [2.05, 4.69) is 17.6 Å². The maximum Gasteiger partial charge on any atom is 0.253 e. The molecule has 110 valence electrons. The van der Waals surface area contributed by atoms with E-state index in [0.29, 0.717) is 16.6 Å². The fourth-order valence-electron chi connectivity index (χ4n) is 2.72. The lowest BCUT2D eigenvalue weighted by Gasteiger charge is -2.27. The second-order valence-corrected chi connectivity index (χ2v) is 6.09. The van der Waals surface area contributed by atoms with Gasteiger partial charge in [-0.05, 0) is 56.7 Å². The largest absolute Gasteiger partial charge is 0.385 e. The highest BCUT2D eigenvalue weighted by Crippen LogP contribution is 2.25. The number of nitrogens with one attached hydrogen (secondary N) is 2. The zero-order chi connectivity index (χ0) is 14.5. The highest BCUT2D eigenvalue weighted by molar-refractivity contribution is 6.31. The Bertz CT molecular complexity index is 468. The number of benzene rings is 1. The Morgan fingerprint density at radius 1 is 1.30 bits per heavy atom. The van der Waals surface area contributed by atoms with Crippen molar-refractivity contribution >= 4 is 23.2 Å². The molecule has 0 atom stereocenters. The van der Waals surface area contributed by atoms with Crippen molar-refractivity contribution in [3.8, 4) is 0 Å². The van der Waals surface area contributed by atoms with Crippen LogP contribution in [0, 0.1) is 5.92 Å². The first-order valence-electron chi connectivity index (χ1n) is 7.44. The van der Waals surface area contributed by atoms with Crippen LogP contribution in [0.3, 0.4) is 0 Å². The normalized spacial score (nSPS) is 22.4. The molecule has 2 rings (SSSR count). The minimum absolute atomic E-state index is 0.0250. The molecule has 1 aliphatic carbocycles. The van der Waals surface area contributed by atoms with Gasteiger partial charge in [0.1, 0.15) is 0 Å². The lowest BCUT2D eigenvalue weighted by molar-refractivity contribution is 0.0924. The minimum Gasteiger partial charge on any atom is -0.385 e. The summed E-state index contributed by atoms with van der Waals surface area (Å²) in [7, 11) is 0. The van der Waals surface area contributed by atoms with Crippen LogP contribution in [-0.2, 0) is 0 Å². The van der Waals surface area contributed by atoms with Gasteiger partial charge in [-0.25, -0.2) is 0 Å². The number of carbonyl (C=O) groups is 1. The van der Waals surface area contributed by atoms with Crippen LogP contribution in [0.1, 0.15) is 49.9 Å². The quantitative estimate of drug-likeness (QED) is 0.878. The predicted octanol–water partition coefficient (Wildman–Crippen LogP) is 4.08. The first-order chi connectivity index (χ1) is 9.60. The number of anilines is 1. The minimum atomic E-state index is -0.0250. The molecule has 1 aromatic rings. The van der Waals surface area contributed by atoms with Crippen LogP contribution in [0.4, 0.5) is 5.69 Å². The van der Waals surface area contributed by atoms with Crippen molar-refractivity contribution in [1.82, 2.24) is 5.32 Å². The van der Waals surface area contributed by atoms with Gasteiger partial charge in [0.05, 0.1) is 5.56 Å². The van der Waals surface area contributed by atoms with Crippen LogP contribution >= 0.6 is 11.6 Å². The first-order valence-corrected chi connectivity index (χ1v) is 7.82. The van der Waals surface area contributed by atoms with E-state index in [4.69, 9.17) is 11.6 Å². The van der Waals surface area contributed by atoms with Gasteiger partial charge in [0, 0.05) is 23.3 Å². The van der Waals surface area contributed by atoms with Gasteiger partial charge in [0.2, 0.25) is 0 Å². The number of halogens is 1. The van der Waals surface area contributed by atoms with E-state index in [1.54, 1.807) is 12.1 Å². The fraction of sp³-hybridized carbons (Fsp3) is 0.562. The van der Waals surface area contributed by atoms with Crippen molar-refractivity contribution in [3.05, 3.63) is 28.8 Å². The summed E-state index contributed by atoms with van der Waals surface area (Å²) >= 11 is 6.02. The Morgan fingerprint density at radius 2 is 2.00 bits per heavy atom. The van der Waals surface area contributed by atoms with Crippen molar-refractivity contribution in [2.24, 2.45) is 5.92 Å². The molecule has 0 radical (unpaired) electrons. The van der Waals surface area contributed by atoms with Gasteiger partial charge in [-0.1, -0.05) is 18.5 Å². The maximum absolute atomic E-state index is 12.4. The van der Waals surface area contributed by atoms with Gasteiger partial charge >= 0.3 is 0 Å². The Kier molecular flexibility index (Phi) is 5.30. The first kappa shape index (κ1) is 15.2. The molecule has 1 aliphatic rings. The molecule has 0 bridgehead atoms. The summed E-state index contributed by atoms with van der Waals surface area (Å²) in [4.78, 5) is 12.4. The maximum atomic E-state index is 12.4. The number of rotatable bonds is 4. The summed E-state index contributed by atoms with van der Waals surface area (Å²) in [5, 5.41) is 6.94. The average Bonchev–Trinajstić information content (AvgIpc) is 2.43. The summed E-state index contributed by atoms with van der Waals surface area (Å²) in [5.74, 6) is 0.759. The summed E-state index contributed by atoms with van der Waals surface area (Å²) in [6.45, 7) is 5.07. The summed E-state index contributed by atoms with van der Waals surface area (Å²) in [6, 6.07) is 5.70. The molecule has 20 heavy (non-hydrogen) atoms. The predicted molar refractivity (Wildman–Crippen MR) is 84.5 cm³/mol. The van der Waals surface area contributed by atoms with E-state index < -0.39 is 0 Å². The van der Waals surface area contributed by atoms with Crippen molar-refractivity contribution in [1.29, 1.82) is 0 Å². The van der Waals surface area contributed by atoms with Gasteiger partial charge in [0.15, 0.2) is 0 Å². The number of hydrogen-bond donors (Lipinski definition) is 2. The monoisotopic (exact) mass is 294 g/mol. The third kappa shape index (κ3) is 3.89. The zero-order valence-electron chi connectivity index (χ0n) is 12.2. The van der Waals surface area contributed by atoms with E-state index in [1.807, 2.05) is 13.0 Å². The fourth-order valence-corrected chi connectivity index (χ4v) is 2.89. The van der Waals surface area contributed by atoms with E-state index in [1.165, 1.54) is 12.8 Å². The van der Waals surface area contributed by atoms with E-state index in [-0.39, 0.29) is 5.91 Å². The Hall–Kier alpha value is -1.22. The Balaban J connectivity index is 2.06. The summed E-state index contributed by atoms with van der Waals surface area (Å²) in [5.41, 5.74) is 1.48. The highest BCUT2D eigenvalue weighted by atomic mass is 35.5. The lowest BCUT2D eigenvalue weighted by atomic mass is 9.87. The van der Waals surface area contributed by atoms with Gasteiger partial charge in [-0.2, -0.15) is 0 Å². The van der Waals surface area contributed by atoms with Gasteiger partial charge in [-0.3, -0.25) is 4.79 Å². The molecule has 0 unspecified atom stereocenters. The summed E-state index contributed by atoms with van der Waals surface area (Å²) in [6.07, 6.45) is 4.54.